The summed E-state index contributed by atoms with van der Waals surface area (Å²) in [7, 11) is 0. The summed E-state index contributed by atoms with van der Waals surface area (Å²) >= 11 is 0. The molecular weight excluding hydrogens is 340 g/mol. The second-order valence-electron chi connectivity index (χ2n) is 10.0. The van der Waals surface area contributed by atoms with Crippen LogP contribution in [0.1, 0.15) is 76.0 Å². The van der Waals surface area contributed by atoms with Gasteiger partial charge < -0.3 is 11.1 Å². The lowest BCUT2D eigenvalue weighted by Crippen LogP contribution is -2.51. The molecule has 2 heteroatoms. The van der Waals surface area contributed by atoms with Crippen LogP contribution in [0.4, 0.5) is 11.4 Å². The van der Waals surface area contributed by atoms with Crippen LogP contribution in [0.2, 0.25) is 0 Å². The molecule has 2 aromatic rings. The van der Waals surface area contributed by atoms with Gasteiger partial charge in [-0.3, -0.25) is 0 Å². The van der Waals surface area contributed by atoms with Gasteiger partial charge in [-0.1, -0.05) is 64.4 Å². The number of aryl methyl sites for hydroxylation is 1. The van der Waals surface area contributed by atoms with Crippen molar-refractivity contribution in [2.24, 2.45) is 11.3 Å². The Hall–Kier alpha value is -1.96. The summed E-state index contributed by atoms with van der Waals surface area (Å²) in [6.45, 7) is 10.6. The van der Waals surface area contributed by atoms with Gasteiger partial charge in [0.25, 0.3) is 0 Å². The van der Waals surface area contributed by atoms with Crippen molar-refractivity contribution < 1.29 is 0 Å². The average molecular weight is 377 g/mol. The van der Waals surface area contributed by atoms with E-state index in [0.29, 0.717) is 22.7 Å². The van der Waals surface area contributed by atoms with E-state index in [1.54, 1.807) is 11.1 Å². The molecule has 2 nitrogen and oxygen atoms in total. The van der Waals surface area contributed by atoms with Gasteiger partial charge in [-0.25, -0.2) is 0 Å². The maximum Gasteiger partial charge on any atom is 0.0574 e. The van der Waals surface area contributed by atoms with Crippen LogP contribution in [-0.4, -0.2) is 6.54 Å². The van der Waals surface area contributed by atoms with Crippen LogP contribution in [-0.2, 0) is 11.8 Å². The largest absolute Gasteiger partial charge is 0.397 e. The topological polar surface area (TPSA) is 38.0 Å². The number of fused-ring (bicyclic) bond motifs is 3. The third kappa shape index (κ3) is 3.21. The quantitative estimate of drug-likeness (QED) is 0.597. The predicted molar refractivity (Wildman–Crippen MR) is 121 cm³/mol. The predicted octanol–water partition coefficient (Wildman–Crippen LogP) is 6.51. The van der Waals surface area contributed by atoms with Crippen LogP contribution >= 0.6 is 0 Å². The first-order chi connectivity index (χ1) is 13.3. The average Bonchev–Trinajstić information content (AvgIpc) is 2.67. The molecule has 0 unspecified atom stereocenters. The molecule has 2 aliphatic carbocycles. The highest BCUT2D eigenvalue weighted by Gasteiger charge is 2.51. The summed E-state index contributed by atoms with van der Waals surface area (Å²) in [5.74, 6) is 1.32. The van der Waals surface area contributed by atoms with Crippen molar-refractivity contribution in [2.75, 3.05) is 17.6 Å². The number of nitrogen functional groups attached to an aromatic ring is 1. The maximum absolute atomic E-state index is 6.18. The zero-order chi connectivity index (χ0) is 19.9. The lowest BCUT2D eigenvalue weighted by Gasteiger charge is -2.55. The van der Waals surface area contributed by atoms with Crippen molar-refractivity contribution in [2.45, 2.75) is 71.1 Å². The first-order valence-electron chi connectivity index (χ1n) is 11.1. The summed E-state index contributed by atoms with van der Waals surface area (Å²) in [6, 6.07) is 15.5. The molecule has 2 aromatic carbocycles. The van der Waals surface area contributed by atoms with E-state index in [1.165, 1.54) is 37.7 Å². The molecule has 0 heterocycles. The van der Waals surface area contributed by atoms with Crippen molar-refractivity contribution >= 4 is 11.4 Å². The Bertz CT molecular complexity index is 855. The zero-order valence-corrected chi connectivity index (χ0v) is 18.0. The summed E-state index contributed by atoms with van der Waals surface area (Å²) in [5, 5.41) is 3.70. The van der Waals surface area contributed by atoms with Gasteiger partial charge in [0, 0.05) is 6.54 Å². The molecule has 2 aliphatic rings. The Balaban J connectivity index is 1.62. The van der Waals surface area contributed by atoms with E-state index in [-0.39, 0.29) is 0 Å². The Morgan fingerprint density at radius 2 is 1.89 bits per heavy atom. The molecule has 0 bridgehead atoms. The molecule has 0 aromatic heterocycles. The van der Waals surface area contributed by atoms with Gasteiger partial charge in [0.2, 0.25) is 0 Å². The fourth-order valence-electron chi connectivity index (χ4n) is 6.17. The summed E-state index contributed by atoms with van der Waals surface area (Å²) < 4.78 is 0. The van der Waals surface area contributed by atoms with Gasteiger partial charge in [-0.15, -0.1) is 0 Å². The van der Waals surface area contributed by atoms with Gasteiger partial charge in [0.05, 0.1) is 11.4 Å². The summed E-state index contributed by atoms with van der Waals surface area (Å²) in [6.07, 6.45) is 6.44. The van der Waals surface area contributed by atoms with E-state index in [0.717, 1.165) is 17.9 Å². The molecule has 28 heavy (non-hydrogen) atoms. The minimum absolute atomic E-state index is 0.292. The van der Waals surface area contributed by atoms with Crippen LogP contribution in [0.3, 0.4) is 0 Å². The smallest absolute Gasteiger partial charge is 0.0574 e. The van der Waals surface area contributed by atoms with Gasteiger partial charge >= 0.3 is 0 Å². The third-order valence-corrected chi connectivity index (χ3v) is 7.81. The van der Waals surface area contributed by atoms with Crippen molar-refractivity contribution in [3.8, 4) is 0 Å². The fourth-order valence-corrected chi connectivity index (χ4v) is 6.17. The number of nitrogens with one attached hydrogen (secondary N) is 1. The van der Waals surface area contributed by atoms with E-state index >= 15 is 0 Å². The molecule has 0 radical (unpaired) electrons. The molecule has 0 aliphatic heterocycles. The maximum atomic E-state index is 6.18. The normalized spacial score (nSPS) is 29.2. The summed E-state index contributed by atoms with van der Waals surface area (Å²) in [4.78, 5) is 0. The number of rotatable bonds is 4. The number of hydrogen-bond acceptors (Lipinski definition) is 2. The molecule has 0 amide bonds. The Morgan fingerprint density at radius 1 is 1.11 bits per heavy atom. The number of para-hydroxylation sites is 2. The summed E-state index contributed by atoms with van der Waals surface area (Å²) in [5.41, 5.74) is 13.4. The van der Waals surface area contributed by atoms with Crippen molar-refractivity contribution in [3.63, 3.8) is 0 Å². The lowest BCUT2D eigenvalue weighted by atomic mass is 9.49. The molecule has 3 atom stereocenters. The molecule has 0 saturated heterocycles. The third-order valence-electron chi connectivity index (χ3n) is 7.81. The van der Waals surface area contributed by atoms with E-state index in [9.17, 15) is 0 Å². The van der Waals surface area contributed by atoms with Gasteiger partial charge in [0.15, 0.2) is 0 Å². The van der Waals surface area contributed by atoms with Gasteiger partial charge in [-0.2, -0.15) is 0 Å². The van der Waals surface area contributed by atoms with Crippen LogP contribution < -0.4 is 11.1 Å². The van der Waals surface area contributed by atoms with Crippen LogP contribution in [0.25, 0.3) is 0 Å². The number of anilines is 2. The van der Waals surface area contributed by atoms with Crippen LogP contribution in [0.15, 0.2) is 42.5 Å². The van der Waals surface area contributed by atoms with Crippen molar-refractivity contribution in [3.05, 3.63) is 59.2 Å². The minimum atomic E-state index is 0.292. The molecule has 150 valence electrons. The fraction of sp³-hybridized carbons (Fsp3) is 0.538. The van der Waals surface area contributed by atoms with E-state index in [4.69, 9.17) is 5.73 Å². The second kappa shape index (κ2) is 7.13. The highest BCUT2D eigenvalue weighted by atomic mass is 14.9. The molecule has 1 fully saturated rings. The highest BCUT2D eigenvalue weighted by Crippen LogP contribution is 2.57. The van der Waals surface area contributed by atoms with Crippen LogP contribution in [0.5, 0.6) is 0 Å². The Labute approximate surface area is 170 Å². The standard InChI is InChI=1S/C26H36N2/c1-18(2)19-10-12-21-20(16-19)11-13-24-25(3,14-7-15-26(21,24)4)17-28-23-9-6-5-8-22(23)27/h5-6,8-10,12,16,18,24,28H,7,11,13-15,17,27H2,1-4H3/t24-,25+,26+/m0/s1. The number of benzene rings is 2. The SMILES string of the molecule is CC(C)c1ccc2c(c1)CC[C@H]1[C@@](C)(CNc3ccccc3N)CCC[C@]21C. The first kappa shape index (κ1) is 19.4. The molecule has 0 spiro atoms. The monoisotopic (exact) mass is 376 g/mol. The molecule has 4 rings (SSSR count). The highest BCUT2D eigenvalue weighted by molar-refractivity contribution is 5.65. The second-order valence-corrected chi connectivity index (χ2v) is 10.0. The zero-order valence-electron chi connectivity index (χ0n) is 18.0. The van der Waals surface area contributed by atoms with E-state index < -0.39 is 0 Å². The first-order valence-corrected chi connectivity index (χ1v) is 11.1. The van der Waals surface area contributed by atoms with E-state index in [1.807, 2.05) is 12.1 Å². The lowest BCUT2D eigenvalue weighted by molar-refractivity contribution is 0.0359. The van der Waals surface area contributed by atoms with Crippen LogP contribution in [0, 0.1) is 11.3 Å². The molecular formula is C26H36N2. The van der Waals surface area contributed by atoms with Crippen molar-refractivity contribution in [1.29, 1.82) is 0 Å². The number of hydrogen-bond donors (Lipinski definition) is 2. The Morgan fingerprint density at radius 3 is 2.64 bits per heavy atom. The molecule has 1 saturated carbocycles. The van der Waals surface area contributed by atoms with Crippen molar-refractivity contribution in [1.82, 2.24) is 0 Å². The van der Waals surface area contributed by atoms with Gasteiger partial charge in [-0.05, 0) is 77.2 Å². The Kier molecular flexibility index (Phi) is 4.93. The van der Waals surface area contributed by atoms with E-state index in [2.05, 4.69) is 63.3 Å². The molecule has 3 N–H and O–H groups in total. The number of nitrogens with two attached hydrogens (primary N) is 1. The van der Waals surface area contributed by atoms with Gasteiger partial charge in [0.1, 0.15) is 0 Å². The minimum Gasteiger partial charge on any atom is -0.397 e.